The molecule has 0 bridgehead atoms. The van der Waals surface area contributed by atoms with Crippen LogP contribution in [-0.4, -0.2) is 55.1 Å². The van der Waals surface area contributed by atoms with Gasteiger partial charge in [-0.05, 0) is 44.7 Å². The molecule has 2 rings (SSSR count). The van der Waals surface area contributed by atoms with Gasteiger partial charge < -0.3 is 29.5 Å². The van der Waals surface area contributed by atoms with Crippen LogP contribution in [0.25, 0.3) is 0 Å². The molecule has 6 nitrogen and oxygen atoms in total. The number of nitrogens with one attached hydrogen (secondary N) is 1. The van der Waals surface area contributed by atoms with Crippen molar-refractivity contribution in [2.75, 3.05) is 44.7 Å². The Labute approximate surface area is 193 Å². The Hall–Kier alpha value is -1.31. The Kier molecular flexibility index (Phi) is 16.6. The van der Waals surface area contributed by atoms with E-state index in [4.69, 9.17) is 9.84 Å². The van der Waals surface area contributed by atoms with Crippen LogP contribution >= 0.6 is 17.0 Å². The molecule has 0 saturated carbocycles. The number of aliphatic hydroxyl groups excluding tert-OH is 1. The van der Waals surface area contributed by atoms with Gasteiger partial charge in [0.1, 0.15) is 18.4 Å². The molecule has 1 aromatic rings. The Morgan fingerprint density at radius 2 is 1.77 bits per heavy atom. The molecule has 1 aromatic carbocycles. The van der Waals surface area contributed by atoms with E-state index < -0.39 is 6.09 Å². The summed E-state index contributed by atoms with van der Waals surface area (Å²) < 4.78 is 6.73. The van der Waals surface area contributed by atoms with Gasteiger partial charge in [0.2, 0.25) is 0 Å². The van der Waals surface area contributed by atoms with Crippen LogP contribution in [0.4, 0.5) is 10.5 Å². The van der Waals surface area contributed by atoms with Crippen molar-refractivity contribution in [2.45, 2.75) is 65.2 Å². The predicted octanol–water partition coefficient (Wildman–Crippen LogP) is 4.37. The quantitative estimate of drug-likeness (QED) is 0.357. The molecular weight excluding hydrogens is 448 g/mol. The second-order valence-electron chi connectivity index (χ2n) is 7.78. The summed E-state index contributed by atoms with van der Waals surface area (Å²) in [7, 11) is 0. The van der Waals surface area contributed by atoms with Crippen molar-refractivity contribution in [1.82, 2.24) is 0 Å². The molecule has 1 aliphatic rings. The fourth-order valence-corrected chi connectivity index (χ4v) is 3.79. The number of rotatable bonds is 11. The van der Waals surface area contributed by atoms with E-state index in [-0.39, 0.29) is 17.0 Å². The molecule has 30 heavy (non-hydrogen) atoms. The molecule has 1 saturated heterocycles. The molecule has 0 radical (unpaired) electrons. The lowest BCUT2D eigenvalue weighted by Crippen LogP contribution is -2.52. The van der Waals surface area contributed by atoms with Crippen molar-refractivity contribution in [1.29, 1.82) is 0 Å². The zero-order valence-corrected chi connectivity index (χ0v) is 20.4. The van der Waals surface area contributed by atoms with Gasteiger partial charge in [-0.3, -0.25) is 0 Å². The second-order valence-corrected chi connectivity index (χ2v) is 7.78. The van der Waals surface area contributed by atoms with Gasteiger partial charge in [-0.15, -0.1) is 17.0 Å². The largest absolute Gasteiger partial charge is 0.530 e. The number of aliphatic hydroxyl groups is 1. The number of ether oxygens (including phenoxy) is 1. The van der Waals surface area contributed by atoms with Crippen molar-refractivity contribution in [3.63, 3.8) is 0 Å². The molecule has 174 valence electrons. The number of hydrogen-bond donors (Lipinski definition) is 2. The SMILES string of the molecule is Br.CCCCCCCOc1ccccc1NC(=O)[O-].CC[N+]1(CCO)CCCCC1. The number of carboxylic acid groups (broad SMARTS) is 1. The third kappa shape index (κ3) is 11.8. The third-order valence-electron chi connectivity index (χ3n) is 5.64. The highest BCUT2D eigenvalue weighted by atomic mass is 79.9. The minimum atomic E-state index is -1.33. The molecule has 1 amide bonds. The van der Waals surface area contributed by atoms with Gasteiger partial charge in [-0.2, -0.15) is 0 Å². The number of anilines is 1. The van der Waals surface area contributed by atoms with Crippen LogP contribution in [0.1, 0.15) is 65.2 Å². The first kappa shape index (κ1) is 28.7. The standard InChI is InChI=1S/C14H21NO3.C9H20NO.BrH/c1-2-3-4-5-8-11-18-13-10-7-6-9-12(13)15-14(16)17;1-2-10(8-9-11)6-4-3-5-7-10;/h6-7,9-10,15H,2-5,8,11H2,1H3,(H,16,17);11H,2-9H2,1H3;1H/q;+1;/p-1. The summed E-state index contributed by atoms with van der Waals surface area (Å²) in [5, 5.41) is 21.6. The van der Waals surface area contributed by atoms with Gasteiger partial charge in [0.15, 0.2) is 0 Å². The van der Waals surface area contributed by atoms with E-state index in [1.807, 2.05) is 6.07 Å². The molecule has 2 N–H and O–H groups in total. The summed E-state index contributed by atoms with van der Waals surface area (Å²) >= 11 is 0. The Morgan fingerprint density at radius 3 is 2.37 bits per heavy atom. The van der Waals surface area contributed by atoms with Gasteiger partial charge in [0.25, 0.3) is 0 Å². The number of para-hydroxylation sites is 2. The summed E-state index contributed by atoms with van der Waals surface area (Å²) in [6, 6.07) is 6.96. The number of amides is 1. The van der Waals surface area contributed by atoms with Crippen LogP contribution in [0.3, 0.4) is 0 Å². The molecule has 0 unspecified atom stereocenters. The fraction of sp³-hybridized carbons (Fsp3) is 0.696. The monoisotopic (exact) mass is 488 g/mol. The highest BCUT2D eigenvalue weighted by Gasteiger charge is 2.26. The highest BCUT2D eigenvalue weighted by Crippen LogP contribution is 2.23. The maximum Gasteiger partial charge on any atom is 0.142 e. The maximum absolute atomic E-state index is 10.5. The lowest BCUT2D eigenvalue weighted by Gasteiger charge is -2.40. The van der Waals surface area contributed by atoms with E-state index in [0.717, 1.165) is 23.9 Å². The minimum absolute atomic E-state index is 0. The number of likely N-dealkylation sites (N-methyl/N-ethyl adjacent to an activating group) is 1. The van der Waals surface area contributed by atoms with Gasteiger partial charge in [-0.1, -0.05) is 44.7 Å². The van der Waals surface area contributed by atoms with Crippen LogP contribution in [0, 0.1) is 0 Å². The second kappa shape index (κ2) is 17.4. The first-order valence-corrected chi connectivity index (χ1v) is 11.2. The number of benzene rings is 1. The number of unbranched alkanes of at least 4 members (excludes halogenated alkanes) is 4. The average Bonchev–Trinajstić information content (AvgIpc) is 2.73. The summed E-state index contributed by atoms with van der Waals surface area (Å²) in [5.41, 5.74) is 0.436. The summed E-state index contributed by atoms with van der Waals surface area (Å²) in [6.07, 6.45) is 8.60. The van der Waals surface area contributed by atoms with Crippen LogP contribution < -0.4 is 15.2 Å². The molecule has 0 aliphatic carbocycles. The number of halogens is 1. The van der Waals surface area contributed by atoms with E-state index in [1.54, 1.807) is 18.2 Å². The molecule has 0 atom stereocenters. The van der Waals surface area contributed by atoms with Gasteiger partial charge in [0, 0.05) is 0 Å². The van der Waals surface area contributed by atoms with Crippen LogP contribution in [0.5, 0.6) is 5.75 Å². The van der Waals surface area contributed by atoms with Gasteiger partial charge in [-0.25, -0.2) is 0 Å². The van der Waals surface area contributed by atoms with Gasteiger partial charge in [0.05, 0.1) is 38.5 Å². The van der Waals surface area contributed by atoms with E-state index in [2.05, 4.69) is 19.2 Å². The first-order chi connectivity index (χ1) is 14.1. The molecule has 7 heteroatoms. The average molecular weight is 489 g/mol. The molecule has 0 spiro atoms. The first-order valence-electron chi connectivity index (χ1n) is 11.2. The molecule has 1 aliphatic heterocycles. The summed E-state index contributed by atoms with van der Waals surface area (Å²) in [5.74, 6) is 0.553. The Bertz CT molecular complexity index is 560. The van der Waals surface area contributed by atoms with Crippen LogP contribution in [0.15, 0.2) is 24.3 Å². The van der Waals surface area contributed by atoms with Crippen LogP contribution in [-0.2, 0) is 0 Å². The summed E-state index contributed by atoms with van der Waals surface area (Å²) in [6.45, 7) is 10.1. The summed E-state index contributed by atoms with van der Waals surface area (Å²) in [4.78, 5) is 10.5. The van der Waals surface area contributed by atoms with Crippen molar-refractivity contribution < 1.29 is 24.2 Å². The zero-order valence-electron chi connectivity index (χ0n) is 18.7. The van der Waals surface area contributed by atoms with Crippen molar-refractivity contribution in [3.8, 4) is 5.75 Å². The van der Waals surface area contributed by atoms with Gasteiger partial charge >= 0.3 is 0 Å². The smallest absolute Gasteiger partial charge is 0.142 e. The number of piperidine rings is 1. The zero-order chi connectivity index (χ0) is 21.4. The normalized spacial score (nSPS) is 14.6. The highest BCUT2D eigenvalue weighted by molar-refractivity contribution is 8.93. The number of nitrogens with zero attached hydrogens (tertiary/aromatic N) is 1. The number of quaternary nitrogens is 1. The van der Waals surface area contributed by atoms with E-state index in [9.17, 15) is 9.90 Å². The minimum Gasteiger partial charge on any atom is -0.530 e. The lowest BCUT2D eigenvalue weighted by atomic mass is 10.1. The molecule has 0 aromatic heterocycles. The topological polar surface area (TPSA) is 81.6 Å². The number of hydrogen-bond acceptors (Lipinski definition) is 4. The number of carbonyl (C=O) groups is 1. The fourth-order valence-electron chi connectivity index (χ4n) is 3.79. The third-order valence-corrected chi connectivity index (χ3v) is 5.64. The lowest BCUT2D eigenvalue weighted by molar-refractivity contribution is -0.931. The predicted molar refractivity (Wildman–Crippen MR) is 126 cm³/mol. The number of carbonyl (C=O) groups excluding carboxylic acids is 1. The van der Waals surface area contributed by atoms with E-state index >= 15 is 0 Å². The maximum atomic E-state index is 10.5. The Morgan fingerprint density at radius 1 is 1.10 bits per heavy atom. The Balaban J connectivity index is 0.000000603. The molecule has 1 heterocycles. The number of likely N-dealkylation sites (tertiary alicyclic amines) is 1. The van der Waals surface area contributed by atoms with E-state index in [1.165, 1.54) is 58.2 Å². The van der Waals surface area contributed by atoms with Crippen LogP contribution in [0.2, 0.25) is 0 Å². The molecule has 1 fully saturated rings. The van der Waals surface area contributed by atoms with E-state index in [0.29, 0.717) is 24.7 Å². The molecular formula is C23H41BrN2O4. The van der Waals surface area contributed by atoms with Crippen molar-refractivity contribution in [3.05, 3.63) is 24.3 Å². The van der Waals surface area contributed by atoms with Crippen molar-refractivity contribution in [2.24, 2.45) is 0 Å². The van der Waals surface area contributed by atoms with Crippen molar-refractivity contribution >= 4 is 28.8 Å².